The van der Waals surface area contributed by atoms with Crippen LogP contribution in [0, 0.1) is 5.82 Å². The van der Waals surface area contributed by atoms with Crippen molar-refractivity contribution in [2.24, 2.45) is 0 Å². The van der Waals surface area contributed by atoms with Gasteiger partial charge in [0.05, 0.1) is 23.3 Å². The Hall–Kier alpha value is -2.57. The van der Waals surface area contributed by atoms with Gasteiger partial charge in [0.1, 0.15) is 11.4 Å². The highest BCUT2D eigenvalue weighted by molar-refractivity contribution is 6.00. The summed E-state index contributed by atoms with van der Waals surface area (Å²) in [7, 11) is 0. The molecule has 2 aromatic rings. The van der Waals surface area contributed by atoms with Crippen LogP contribution in [0.4, 0.5) is 21.5 Å². The molecule has 0 saturated heterocycles. The number of nitrogens with zero attached hydrogens (tertiary/aromatic N) is 2. The van der Waals surface area contributed by atoms with Crippen LogP contribution in [0.2, 0.25) is 0 Å². The normalized spacial score (nSPS) is 10.4. The highest BCUT2D eigenvalue weighted by Gasteiger charge is 2.17. The molecule has 0 atom stereocenters. The molecule has 1 aromatic carbocycles. The van der Waals surface area contributed by atoms with Gasteiger partial charge in [-0.15, -0.1) is 0 Å². The van der Waals surface area contributed by atoms with Crippen molar-refractivity contribution < 1.29 is 14.3 Å². The number of hydrogen-bond donors (Lipinski definition) is 3. The Balaban J connectivity index is 2.39. The van der Waals surface area contributed by atoms with Gasteiger partial charge >= 0.3 is 5.97 Å². The van der Waals surface area contributed by atoms with E-state index in [4.69, 9.17) is 10.8 Å². The SMILES string of the molecule is CCn1cc(Nc2ccc(F)c(N)c2C(=O)O)cn1. The molecule has 1 heterocycles. The molecule has 0 aliphatic carbocycles. The average Bonchev–Trinajstić information content (AvgIpc) is 2.81. The van der Waals surface area contributed by atoms with Gasteiger partial charge in [-0.05, 0) is 19.1 Å². The number of halogens is 1. The molecule has 0 aliphatic rings. The molecule has 19 heavy (non-hydrogen) atoms. The number of nitrogens with two attached hydrogens (primary N) is 1. The fourth-order valence-corrected chi connectivity index (χ4v) is 1.69. The molecule has 0 radical (unpaired) electrons. The first-order chi connectivity index (χ1) is 9.02. The summed E-state index contributed by atoms with van der Waals surface area (Å²) in [4.78, 5) is 11.1. The van der Waals surface area contributed by atoms with Gasteiger partial charge in [-0.25, -0.2) is 9.18 Å². The van der Waals surface area contributed by atoms with Crippen LogP contribution >= 0.6 is 0 Å². The largest absolute Gasteiger partial charge is 0.478 e. The average molecular weight is 264 g/mol. The van der Waals surface area contributed by atoms with Crippen molar-refractivity contribution in [2.45, 2.75) is 13.5 Å². The predicted octanol–water partition coefficient (Wildman–Crippen LogP) is 2.07. The van der Waals surface area contributed by atoms with E-state index in [1.807, 2.05) is 6.92 Å². The zero-order valence-electron chi connectivity index (χ0n) is 10.2. The second-order valence-electron chi connectivity index (χ2n) is 3.90. The molecule has 6 nitrogen and oxygen atoms in total. The van der Waals surface area contributed by atoms with Gasteiger partial charge in [-0.1, -0.05) is 0 Å². The number of benzene rings is 1. The number of anilines is 3. The minimum atomic E-state index is -1.29. The molecule has 0 spiro atoms. The maximum Gasteiger partial charge on any atom is 0.340 e. The monoisotopic (exact) mass is 264 g/mol. The molecular formula is C12H13FN4O2. The maximum absolute atomic E-state index is 13.3. The standard InChI is InChI=1S/C12H13FN4O2/c1-2-17-6-7(5-15-17)16-9-4-3-8(13)11(14)10(9)12(18)19/h3-6,16H,2,14H2,1H3,(H,18,19). The molecule has 0 bridgehead atoms. The fraction of sp³-hybridized carbons (Fsp3) is 0.167. The summed E-state index contributed by atoms with van der Waals surface area (Å²) < 4.78 is 15.0. The van der Waals surface area contributed by atoms with Gasteiger partial charge in [0.15, 0.2) is 0 Å². The minimum absolute atomic E-state index is 0.224. The van der Waals surface area contributed by atoms with Crippen LogP contribution in [0.5, 0.6) is 0 Å². The van der Waals surface area contributed by atoms with Gasteiger partial charge in [0.25, 0.3) is 0 Å². The number of aryl methyl sites for hydroxylation is 1. The van der Waals surface area contributed by atoms with Crippen molar-refractivity contribution in [2.75, 3.05) is 11.1 Å². The molecule has 0 aliphatic heterocycles. The lowest BCUT2D eigenvalue weighted by molar-refractivity contribution is 0.0698. The Bertz CT molecular complexity index is 624. The number of aromatic nitrogens is 2. The number of rotatable bonds is 4. The molecule has 0 unspecified atom stereocenters. The quantitative estimate of drug-likeness (QED) is 0.735. The first-order valence-corrected chi connectivity index (χ1v) is 5.63. The molecular weight excluding hydrogens is 251 g/mol. The molecule has 0 amide bonds. The van der Waals surface area contributed by atoms with Crippen molar-refractivity contribution in [3.8, 4) is 0 Å². The van der Waals surface area contributed by atoms with Crippen LogP contribution in [0.15, 0.2) is 24.5 Å². The van der Waals surface area contributed by atoms with E-state index < -0.39 is 11.8 Å². The number of carboxylic acids is 1. The second-order valence-corrected chi connectivity index (χ2v) is 3.90. The number of carboxylic acid groups (broad SMARTS) is 1. The summed E-state index contributed by atoms with van der Waals surface area (Å²) in [6.07, 6.45) is 3.26. The Morgan fingerprint density at radius 1 is 1.58 bits per heavy atom. The van der Waals surface area contributed by atoms with Crippen LogP contribution in [0.1, 0.15) is 17.3 Å². The van der Waals surface area contributed by atoms with Crippen molar-refractivity contribution in [1.29, 1.82) is 0 Å². The third-order valence-electron chi connectivity index (χ3n) is 2.64. The smallest absolute Gasteiger partial charge is 0.340 e. The number of nitrogen functional groups attached to an aromatic ring is 1. The number of carbonyl (C=O) groups is 1. The molecule has 1 aromatic heterocycles. The van der Waals surface area contributed by atoms with Crippen molar-refractivity contribution in [1.82, 2.24) is 9.78 Å². The van der Waals surface area contributed by atoms with Crippen molar-refractivity contribution in [3.05, 3.63) is 35.9 Å². The zero-order chi connectivity index (χ0) is 14.0. The summed E-state index contributed by atoms with van der Waals surface area (Å²) in [5.74, 6) is -2.05. The van der Waals surface area contributed by atoms with E-state index >= 15 is 0 Å². The van der Waals surface area contributed by atoms with Gasteiger partial charge in [0, 0.05) is 12.7 Å². The highest BCUT2D eigenvalue weighted by atomic mass is 19.1. The number of aromatic carboxylic acids is 1. The molecule has 100 valence electrons. The fourth-order valence-electron chi connectivity index (χ4n) is 1.69. The summed E-state index contributed by atoms with van der Waals surface area (Å²) in [6, 6.07) is 2.45. The summed E-state index contributed by atoms with van der Waals surface area (Å²) in [5, 5.41) is 16.0. The molecule has 0 fully saturated rings. The maximum atomic E-state index is 13.3. The lowest BCUT2D eigenvalue weighted by Crippen LogP contribution is -2.08. The van der Waals surface area contributed by atoms with E-state index in [1.165, 1.54) is 6.07 Å². The predicted molar refractivity (Wildman–Crippen MR) is 69.0 cm³/mol. The van der Waals surface area contributed by atoms with Gasteiger partial charge in [-0.2, -0.15) is 5.10 Å². The zero-order valence-corrected chi connectivity index (χ0v) is 10.2. The van der Waals surface area contributed by atoms with Crippen LogP contribution in [-0.2, 0) is 6.54 Å². The topological polar surface area (TPSA) is 93.2 Å². The van der Waals surface area contributed by atoms with E-state index in [2.05, 4.69) is 10.4 Å². The molecule has 4 N–H and O–H groups in total. The Kier molecular flexibility index (Phi) is 3.37. The summed E-state index contributed by atoms with van der Waals surface area (Å²) in [5.41, 5.74) is 5.61. The van der Waals surface area contributed by atoms with Crippen LogP contribution in [0.25, 0.3) is 0 Å². The molecule has 0 saturated carbocycles. The Labute approximate surface area is 108 Å². The minimum Gasteiger partial charge on any atom is -0.478 e. The Morgan fingerprint density at radius 3 is 2.89 bits per heavy atom. The third kappa shape index (κ3) is 2.49. The van der Waals surface area contributed by atoms with E-state index in [9.17, 15) is 9.18 Å². The third-order valence-corrected chi connectivity index (χ3v) is 2.64. The summed E-state index contributed by atoms with van der Waals surface area (Å²) >= 11 is 0. The van der Waals surface area contributed by atoms with E-state index in [0.717, 1.165) is 6.07 Å². The van der Waals surface area contributed by atoms with Crippen molar-refractivity contribution >= 4 is 23.0 Å². The molecule has 7 heteroatoms. The first-order valence-electron chi connectivity index (χ1n) is 5.63. The van der Waals surface area contributed by atoms with Crippen molar-refractivity contribution in [3.63, 3.8) is 0 Å². The second kappa shape index (κ2) is 4.97. The van der Waals surface area contributed by atoms with Gasteiger partial charge in [-0.3, -0.25) is 4.68 Å². The first kappa shape index (κ1) is 12.9. The van der Waals surface area contributed by atoms with Crippen LogP contribution < -0.4 is 11.1 Å². The van der Waals surface area contributed by atoms with E-state index in [-0.39, 0.29) is 16.9 Å². The lowest BCUT2D eigenvalue weighted by atomic mass is 10.1. The van der Waals surface area contributed by atoms with E-state index in [0.29, 0.717) is 12.2 Å². The summed E-state index contributed by atoms with van der Waals surface area (Å²) in [6.45, 7) is 2.62. The van der Waals surface area contributed by atoms with Crippen LogP contribution in [-0.4, -0.2) is 20.9 Å². The van der Waals surface area contributed by atoms with Gasteiger partial charge < -0.3 is 16.2 Å². The lowest BCUT2D eigenvalue weighted by Gasteiger charge is -2.10. The van der Waals surface area contributed by atoms with Crippen LogP contribution in [0.3, 0.4) is 0 Å². The van der Waals surface area contributed by atoms with Gasteiger partial charge in [0.2, 0.25) is 0 Å². The number of hydrogen-bond acceptors (Lipinski definition) is 4. The highest BCUT2D eigenvalue weighted by Crippen LogP contribution is 2.27. The van der Waals surface area contributed by atoms with E-state index in [1.54, 1.807) is 17.1 Å². The number of nitrogens with one attached hydrogen (secondary N) is 1. The molecule has 2 rings (SSSR count). The Morgan fingerprint density at radius 2 is 2.32 bits per heavy atom.